The summed E-state index contributed by atoms with van der Waals surface area (Å²) in [5.41, 5.74) is 1.47. The molecule has 1 saturated heterocycles. The summed E-state index contributed by atoms with van der Waals surface area (Å²) < 4.78 is 16.9. The number of para-hydroxylation sites is 1. The number of aryl methyl sites for hydroxylation is 1. The second-order valence-electron chi connectivity index (χ2n) is 6.29. The molecule has 0 saturated carbocycles. The quantitative estimate of drug-likeness (QED) is 0.831. The van der Waals surface area contributed by atoms with Gasteiger partial charge in [0.15, 0.2) is 11.5 Å². The number of rotatable bonds is 4. The zero-order valence-corrected chi connectivity index (χ0v) is 14.5. The first-order valence-corrected chi connectivity index (χ1v) is 8.85. The Morgan fingerprint density at radius 1 is 1.19 bits per heavy atom. The number of benzene rings is 1. The van der Waals surface area contributed by atoms with E-state index in [1.165, 1.54) is 0 Å². The molecule has 1 aromatic heterocycles. The predicted octanol–water partition coefficient (Wildman–Crippen LogP) is 1.72. The van der Waals surface area contributed by atoms with Crippen LogP contribution in [0.5, 0.6) is 11.5 Å². The Labute approximate surface area is 151 Å². The zero-order chi connectivity index (χ0) is 17.8. The van der Waals surface area contributed by atoms with Crippen LogP contribution in [0, 0.1) is 0 Å². The molecule has 136 valence electrons. The van der Waals surface area contributed by atoms with Crippen molar-refractivity contribution in [1.29, 1.82) is 0 Å². The second kappa shape index (κ2) is 7.70. The normalized spacial score (nSPS) is 19.2. The van der Waals surface area contributed by atoms with Crippen LogP contribution in [0.25, 0.3) is 0 Å². The van der Waals surface area contributed by atoms with Crippen LogP contribution in [0.15, 0.2) is 36.8 Å². The van der Waals surface area contributed by atoms with Crippen molar-refractivity contribution in [3.8, 4) is 11.5 Å². The lowest BCUT2D eigenvalue weighted by Crippen LogP contribution is -2.49. The van der Waals surface area contributed by atoms with Gasteiger partial charge in [-0.2, -0.15) is 0 Å². The lowest BCUT2D eigenvalue weighted by molar-refractivity contribution is -0.00443. The van der Waals surface area contributed by atoms with Gasteiger partial charge >= 0.3 is 0 Å². The van der Waals surface area contributed by atoms with Crippen LogP contribution in [-0.2, 0) is 11.2 Å². The van der Waals surface area contributed by atoms with Gasteiger partial charge in [-0.25, -0.2) is 0 Å². The molecule has 1 amide bonds. The Bertz CT molecular complexity index is 769. The highest BCUT2D eigenvalue weighted by molar-refractivity contribution is 5.98. The van der Waals surface area contributed by atoms with E-state index in [0.717, 1.165) is 18.5 Å². The van der Waals surface area contributed by atoms with Crippen molar-refractivity contribution in [2.45, 2.75) is 18.9 Å². The summed E-state index contributed by atoms with van der Waals surface area (Å²) in [6, 6.07) is 5.45. The fourth-order valence-electron chi connectivity index (χ4n) is 3.33. The lowest BCUT2D eigenvalue weighted by atomic mass is 10.0. The van der Waals surface area contributed by atoms with Gasteiger partial charge in [-0.3, -0.25) is 14.8 Å². The highest BCUT2D eigenvalue weighted by atomic mass is 16.6. The third kappa shape index (κ3) is 3.48. The molecule has 0 radical (unpaired) electrons. The molecule has 0 bridgehead atoms. The van der Waals surface area contributed by atoms with E-state index in [-0.39, 0.29) is 11.9 Å². The molecular formula is C19H21N3O4. The minimum Gasteiger partial charge on any atom is -0.486 e. The molecule has 1 atom stereocenters. The Kier molecular flexibility index (Phi) is 4.97. The van der Waals surface area contributed by atoms with Crippen molar-refractivity contribution in [2.24, 2.45) is 0 Å². The summed E-state index contributed by atoms with van der Waals surface area (Å²) in [7, 11) is 0. The maximum Gasteiger partial charge on any atom is 0.258 e. The van der Waals surface area contributed by atoms with Gasteiger partial charge in [-0.15, -0.1) is 0 Å². The summed E-state index contributed by atoms with van der Waals surface area (Å²) in [5, 5.41) is 0. The van der Waals surface area contributed by atoms with Crippen molar-refractivity contribution in [3.05, 3.63) is 48.0 Å². The van der Waals surface area contributed by atoms with Crippen LogP contribution in [0.3, 0.4) is 0 Å². The lowest BCUT2D eigenvalue weighted by Gasteiger charge is -2.36. The first kappa shape index (κ1) is 16.8. The van der Waals surface area contributed by atoms with E-state index in [2.05, 4.69) is 9.97 Å². The number of amides is 1. The molecule has 7 nitrogen and oxygen atoms in total. The minimum atomic E-state index is -0.0419. The summed E-state index contributed by atoms with van der Waals surface area (Å²) in [5.74, 6) is 1.13. The Morgan fingerprint density at radius 3 is 3.00 bits per heavy atom. The smallest absolute Gasteiger partial charge is 0.258 e. The molecule has 4 rings (SSSR count). The molecule has 2 aliphatic heterocycles. The number of carbonyl (C=O) groups excluding carboxylic acids is 1. The number of ether oxygens (including phenoxy) is 3. The van der Waals surface area contributed by atoms with E-state index in [0.29, 0.717) is 50.0 Å². The minimum absolute atomic E-state index is 0.00128. The molecule has 26 heavy (non-hydrogen) atoms. The average molecular weight is 355 g/mol. The van der Waals surface area contributed by atoms with E-state index in [9.17, 15) is 4.79 Å². The predicted molar refractivity (Wildman–Crippen MR) is 93.4 cm³/mol. The highest BCUT2D eigenvalue weighted by Crippen LogP contribution is 2.34. The topological polar surface area (TPSA) is 73.8 Å². The standard InChI is InChI=1S/C19H21N3O4/c23-19(16-2-1-3-17-18(16)26-11-10-25-17)22-8-9-24-13-15(22)5-4-14-12-20-6-7-21-14/h1-3,6-7,12,15H,4-5,8-11,13H2/t15-/m0/s1. The van der Waals surface area contributed by atoms with Gasteiger partial charge in [0.05, 0.1) is 30.5 Å². The van der Waals surface area contributed by atoms with Gasteiger partial charge in [0.2, 0.25) is 0 Å². The number of carbonyl (C=O) groups is 1. The summed E-state index contributed by atoms with van der Waals surface area (Å²) in [4.78, 5) is 23.5. The first-order chi connectivity index (χ1) is 12.8. The van der Waals surface area contributed by atoms with Gasteiger partial charge < -0.3 is 19.1 Å². The largest absolute Gasteiger partial charge is 0.486 e. The first-order valence-electron chi connectivity index (χ1n) is 8.85. The van der Waals surface area contributed by atoms with E-state index < -0.39 is 0 Å². The van der Waals surface area contributed by atoms with Gasteiger partial charge in [0.25, 0.3) is 5.91 Å². The third-order valence-corrected chi connectivity index (χ3v) is 4.64. The molecular weight excluding hydrogens is 334 g/mol. The SMILES string of the molecule is O=C(c1cccc2c1OCCO2)N1CCOC[C@@H]1CCc1cnccn1. The third-order valence-electron chi connectivity index (χ3n) is 4.64. The number of fused-ring (bicyclic) bond motifs is 1. The number of morpholine rings is 1. The molecule has 0 spiro atoms. The van der Waals surface area contributed by atoms with Crippen LogP contribution in [0.2, 0.25) is 0 Å². The molecule has 1 aromatic carbocycles. The van der Waals surface area contributed by atoms with Crippen molar-refractivity contribution < 1.29 is 19.0 Å². The van der Waals surface area contributed by atoms with Crippen LogP contribution in [0.1, 0.15) is 22.5 Å². The van der Waals surface area contributed by atoms with Crippen LogP contribution < -0.4 is 9.47 Å². The summed E-state index contributed by atoms with van der Waals surface area (Å²) >= 11 is 0. The average Bonchev–Trinajstić information content (AvgIpc) is 2.72. The molecule has 0 N–H and O–H groups in total. The molecule has 7 heteroatoms. The Hall–Kier alpha value is -2.67. The summed E-state index contributed by atoms with van der Waals surface area (Å²) in [6.45, 7) is 2.59. The maximum absolute atomic E-state index is 13.2. The molecule has 2 aromatic rings. The Balaban J connectivity index is 1.52. The van der Waals surface area contributed by atoms with E-state index >= 15 is 0 Å². The molecule has 0 aliphatic carbocycles. The number of nitrogens with zero attached hydrogens (tertiary/aromatic N) is 3. The van der Waals surface area contributed by atoms with Crippen molar-refractivity contribution >= 4 is 5.91 Å². The van der Waals surface area contributed by atoms with Crippen molar-refractivity contribution in [1.82, 2.24) is 14.9 Å². The number of hydrogen-bond acceptors (Lipinski definition) is 6. The zero-order valence-electron chi connectivity index (χ0n) is 14.5. The second-order valence-corrected chi connectivity index (χ2v) is 6.29. The van der Waals surface area contributed by atoms with Crippen LogP contribution in [0.4, 0.5) is 0 Å². The monoisotopic (exact) mass is 355 g/mol. The van der Waals surface area contributed by atoms with Crippen LogP contribution in [-0.4, -0.2) is 59.8 Å². The molecule has 3 heterocycles. The fourth-order valence-corrected chi connectivity index (χ4v) is 3.33. The van der Waals surface area contributed by atoms with Gasteiger partial charge in [-0.1, -0.05) is 6.07 Å². The van der Waals surface area contributed by atoms with E-state index in [4.69, 9.17) is 14.2 Å². The number of hydrogen-bond donors (Lipinski definition) is 0. The molecule has 2 aliphatic rings. The van der Waals surface area contributed by atoms with Crippen molar-refractivity contribution in [3.63, 3.8) is 0 Å². The van der Waals surface area contributed by atoms with Crippen LogP contribution >= 0.6 is 0 Å². The van der Waals surface area contributed by atoms with E-state index in [1.807, 2.05) is 17.0 Å². The van der Waals surface area contributed by atoms with Crippen molar-refractivity contribution in [2.75, 3.05) is 33.0 Å². The van der Waals surface area contributed by atoms with Gasteiger partial charge in [0, 0.05) is 25.1 Å². The number of aromatic nitrogens is 2. The Morgan fingerprint density at radius 2 is 2.12 bits per heavy atom. The molecule has 0 unspecified atom stereocenters. The summed E-state index contributed by atoms with van der Waals surface area (Å²) in [6.07, 6.45) is 6.62. The maximum atomic E-state index is 13.2. The van der Waals surface area contributed by atoms with Gasteiger partial charge in [0.1, 0.15) is 13.2 Å². The van der Waals surface area contributed by atoms with E-state index in [1.54, 1.807) is 24.7 Å². The molecule has 1 fully saturated rings. The highest BCUT2D eigenvalue weighted by Gasteiger charge is 2.31. The van der Waals surface area contributed by atoms with Gasteiger partial charge in [-0.05, 0) is 25.0 Å². The fraction of sp³-hybridized carbons (Fsp3) is 0.421.